The van der Waals surface area contributed by atoms with Crippen molar-refractivity contribution in [3.05, 3.63) is 29.5 Å². The predicted octanol–water partition coefficient (Wildman–Crippen LogP) is 2.54. The maximum atomic E-state index is 11.6. The number of fused-ring (bicyclic) bond motifs is 1. The second-order valence-electron chi connectivity index (χ2n) is 3.39. The number of ether oxygens (including phenoxy) is 2. The smallest absolute Gasteiger partial charge is 0.342 e. The fourth-order valence-corrected chi connectivity index (χ4v) is 1.68. The van der Waals surface area contributed by atoms with Crippen molar-refractivity contribution in [2.24, 2.45) is 0 Å². The number of hydrogen-bond acceptors (Lipinski definition) is 4. The average molecular weight is 220 g/mol. The minimum absolute atomic E-state index is 0.388. The molecule has 0 saturated heterocycles. The second-order valence-corrected chi connectivity index (χ2v) is 3.39. The van der Waals surface area contributed by atoms with Crippen molar-refractivity contribution in [2.75, 3.05) is 14.2 Å². The molecular formula is C12H12O4. The monoisotopic (exact) mass is 220 g/mol. The van der Waals surface area contributed by atoms with Crippen LogP contribution in [-0.2, 0) is 4.74 Å². The third-order valence-corrected chi connectivity index (χ3v) is 2.46. The number of carbonyl (C=O) groups is 1. The maximum absolute atomic E-state index is 11.6. The van der Waals surface area contributed by atoms with E-state index in [4.69, 9.17) is 13.9 Å². The topological polar surface area (TPSA) is 48.7 Å². The van der Waals surface area contributed by atoms with Gasteiger partial charge in [-0.15, -0.1) is 0 Å². The quantitative estimate of drug-likeness (QED) is 0.730. The Hall–Kier alpha value is -1.97. The third kappa shape index (κ3) is 1.52. The number of hydrogen-bond donors (Lipinski definition) is 0. The van der Waals surface area contributed by atoms with Crippen LogP contribution < -0.4 is 4.74 Å². The standard InChI is InChI=1S/C12H12O4/c1-7-11(12(13)15-3)9-5-4-8(14-2)6-10(9)16-7/h4-6H,1-3H3. The van der Waals surface area contributed by atoms with Crippen molar-refractivity contribution in [2.45, 2.75) is 6.92 Å². The molecule has 2 rings (SSSR count). The Balaban J connectivity index is 2.66. The summed E-state index contributed by atoms with van der Waals surface area (Å²) in [5, 5.41) is 0.741. The molecule has 0 fully saturated rings. The summed E-state index contributed by atoms with van der Waals surface area (Å²) in [6, 6.07) is 5.31. The Labute approximate surface area is 92.8 Å². The lowest BCUT2D eigenvalue weighted by molar-refractivity contribution is 0.0601. The molecule has 0 amide bonds. The number of benzene rings is 1. The van der Waals surface area contributed by atoms with Crippen molar-refractivity contribution >= 4 is 16.9 Å². The molecule has 0 atom stereocenters. The number of methoxy groups -OCH3 is 2. The van der Waals surface area contributed by atoms with Gasteiger partial charge in [-0.25, -0.2) is 4.79 Å². The summed E-state index contributed by atoms with van der Waals surface area (Å²) in [5.74, 6) is 0.856. The SMILES string of the molecule is COC(=O)c1c(C)oc2cc(OC)ccc12. The third-order valence-electron chi connectivity index (χ3n) is 2.46. The zero-order chi connectivity index (χ0) is 11.7. The Bertz CT molecular complexity index is 539. The van der Waals surface area contributed by atoms with Gasteiger partial charge < -0.3 is 13.9 Å². The van der Waals surface area contributed by atoms with Gasteiger partial charge in [-0.05, 0) is 19.1 Å². The summed E-state index contributed by atoms with van der Waals surface area (Å²) in [6.07, 6.45) is 0. The molecule has 1 heterocycles. The molecule has 0 radical (unpaired) electrons. The summed E-state index contributed by atoms with van der Waals surface area (Å²) >= 11 is 0. The van der Waals surface area contributed by atoms with Crippen LogP contribution in [0.2, 0.25) is 0 Å². The molecule has 0 aliphatic rings. The summed E-state index contributed by atoms with van der Waals surface area (Å²) in [5.41, 5.74) is 1.09. The first-order valence-corrected chi connectivity index (χ1v) is 4.83. The molecular weight excluding hydrogens is 208 g/mol. The van der Waals surface area contributed by atoms with E-state index in [9.17, 15) is 4.79 Å². The lowest BCUT2D eigenvalue weighted by Gasteiger charge is -1.99. The van der Waals surface area contributed by atoms with Crippen molar-refractivity contribution in [1.82, 2.24) is 0 Å². The molecule has 0 N–H and O–H groups in total. The van der Waals surface area contributed by atoms with Gasteiger partial charge in [-0.2, -0.15) is 0 Å². The van der Waals surface area contributed by atoms with Gasteiger partial charge in [-0.3, -0.25) is 0 Å². The number of carbonyl (C=O) groups excluding carboxylic acids is 1. The maximum Gasteiger partial charge on any atom is 0.342 e. The molecule has 1 aromatic carbocycles. The minimum Gasteiger partial charge on any atom is -0.497 e. The highest BCUT2D eigenvalue weighted by atomic mass is 16.5. The highest BCUT2D eigenvalue weighted by Crippen LogP contribution is 2.29. The Kier molecular flexibility index (Phi) is 2.56. The van der Waals surface area contributed by atoms with E-state index in [-0.39, 0.29) is 5.97 Å². The number of furan rings is 1. The van der Waals surface area contributed by atoms with Gasteiger partial charge in [0.2, 0.25) is 0 Å². The summed E-state index contributed by atoms with van der Waals surface area (Å²) < 4.78 is 15.3. The van der Waals surface area contributed by atoms with Gasteiger partial charge in [0.05, 0.1) is 14.2 Å². The van der Waals surface area contributed by atoms with E-state index in [1.54, 1.807) is 32.2 Å². The molecule has 2 aromatic rings. The van der Waals surface area contributed by atoms with Crippen LogP contribution in [0.15, 0.2) is 22.6 Å². The number of esters is 1. The number of rotatable bonds is 2. The lowest BCUT2D eigenvalue weighted by Crippen LogP contribution is -2.01. The molecule has 0 spiro atoms. The van der Waals surface area contributed by atoms with Gasteiger partial charge in [0.25, 0.3) is 0 Å². The predicted molar refractivity (Wildman–Crippen MR) is 58.8 cm³/mol. The zero-order valence-corrected chi connectivity index (χ0v) is 9.37. The van der Waals surface area contributed by atoms with Crippen LogP contribution in [0.3, 0.4) is 0 Å². The number of aryl methyl sites for hydroxylation is 1. The molecule has 0 aliphatic heterocycles. The first-order valence-electron chi connectivity index (χ1n) is 4.83. The highest BCUT2D eigenvalue weighted by molar-refractivity contribution is 6.04. The van der Waals surface area contributed by atoms with Gasteiger partial charge in [-0.1, -0.05) is 0 Å². The summed E-state index contributed by atoms with van der Waals surface area (Å²) in [6.45, 7) is 1.73. The molecule has 4 nitrogen and oxygen atoms in total. The molecule has 0 saturated carbocycles. The lowest BCUT2D eigenvalue weighted by atomic mass is 10.1. The summed E-state index contributed by atoms with van der Waals surface area (Å²) in [7, 11) is 2.93. The van der Waals surface area contributed by atoms with Crippen molar-refractivity contribution in [3.63, 3.8) is 0 Å². The molecule has 0 unspecified atom stereocenters. The fraction of sp³-hybridized carbons (Fsp3) is 0.250. The zero-order valence-electron chi connectivity index (χ0n) is 9.37. The van der Waals surface area contributed by atoms with Crippen LogP contribution in [0.5, 0.6) is 5.75 Å². The van der Waals surface area contributed by atoms with E-state index in [1.165, 1.54) is 7.11 Å². The highest BCUT2D eigenvalue weighted by Gasteiger charge is 2.18. The van der Waals surface area contributed by atoms with Crippen molar-refractivity contribution < 1.29 is 18.7 Å². The van der Waals surface area contributed by atoms with Gasteiger partial charge in [0, 0.05) is 11.5 Å². The fourth-order valence-electron chi connectivity index (χ4n) is 1.68. The second kappa shape index (κ2) is 3.89. The van der Waals surface area contributed by atoms with Crippen molar-refractivity contribution in [3.8, 4) is 5.75 Å². The first-order chi connectivity index (χ1) is 7.67. The van der Waals surface area contributed by atoms with E-state index in [1.807, 2.05) is 0 Å². The van der Waals surface area contributed by atoms with E-state index in [2.05, 4.69) is 0 Å². The van der Waals surface area contributed by atoms with Crippen LogP contribution in [0.25, 0.3) is 11.0 Å². The van der Waals surface area contributed by atoms with E-state index in [0.717, 1.165) is 5.39 Å². The normalized spacial score (nSPS) is 10.4. The van der Waals surface area contributed by atoms with Gasteiger partial charge >= 0.3 is 5.97 Å². The van der Waals surface area contributed by atoms with E-state index in [0.29, 0.717) is 22.7 Å². The molecule has 84 valence electrons. The van der Waals surface area contributed by atoms with E-state index < -0.39 is 0 Å². The average Bonchev–Trinajstić information content (AvgIpc) is 2.62. The van der Waals surface area contributed by atoms with Crippen LogP contribution in [0, 0.1) is 6.92 Å². The summed E-state index contributed by atoms with van der Waals surface area (Å²) in [4.78, 5) is 11.6. The molecule has 16 heavy (non-hydrogen) atoms. The molecule has 4 heteroatoms. The Morgan fingerprint density at radius 2 is 2.06 bits per heavy atom. The Morgan fingerprint density at radius 1 is 1.31 bits per heavy atom. The largest absolute Gasteiger partial charge is 0.497 e. The van der Waals surface area contributed by atoms with Crippen molar-refractivity contribution in [1.29, 1.82) is 0 Å². The molecule has 1 aromatic heterocycles. The minimum atomic E-state index is -0.388. The van der Waals surface area contributed by atoms with Crippen LogP contribution >= 0.6 is 0 Å². The first kappa shape index (κ1) is 10.5. The van der Waals surface area contributed by atoms with Gasteiger partial charge in [0.1, 0.15) is 22.7 Å². The van der Waals surface area contributed by atoms with Crippen LogP contribution in [0.1, 0.15) is 16.1 Å². The molecule has 0 aliphatic carbocycles. The molecule has 0 bridgehead atoms. The Morgan fingerprint density at radius 3 is 2.69 bits per heavy atom. The van der Waals surface area contributed by atoms with E-state index >= 15 is 0 Å². The van der Waals surface area contributed by atoms with Gasteiger partial charge in [0.15, 0.2) is 0 Å². The van der Waals surface area contributed by atoms with Crippen LogP contribution in [-0.4, -0.2) is 20.2 Å². The van der Waals surface area contributed by atoms with Crippen LogP contribution in [0.4, 0.5) is 0 Å².